The predicted octanol–water partition coefficient (Wildman–Crippen LogP) is 6.36. The molecule has 1 aliphatic rings. The van der Waals surface area contributed by atoms with Gasteiger partial charge in [-0.05, 0) is 89.8 Å². The Morgan fingerprint density at radius 3 is 2.51 bits per heavy atom. The summed E-state index contributed by atoms with van der Waals surface area (Å²) in [6.45, 7) is 6.18. The maximum Gasteiger partial charge on any atom is 0.335 e. The van der Waals surface area contributed by atoms with Crippen molar-refractivity contribution >= 4 is 57.1 Å². The number of rotatable bonds is 7. The molecule has 1 saturated heterocycles. The quantitative estimate of drug-likeness (QED) is 0.258. The molecule has 0 bridgehead atoms. The van der Waals surface area contributed by atoms with Crippen LogP contribution < -0.4 is 19.7 Å². The number of urea groups is 1. The molecule has 0 spiro atoms. The van der Waals surface area contributed by atoms with E-state index in [-0.39, 0.29) is 12.2 Å². The van der Waals surface area contributed by atoms with Crippen molar-refractivity contribution in [3.05, 3.63) is 91.9 Å². The summed E-state index contributed by atoms with van der Waals surface area (Å²) in [6.07, 6.45) is 1.43. The standard InChI is InChI=1S/C28H24BrClN2O5/c1-4-36-24-14-19(13-22(29)25(24)37-15-18-6-5-7-20(30)11-18)12-21-26(33)31-28(35)32(27(21)34)23-9-8-16(2)10-17(23)3/h5-14H,4,15H2,1-3H3,(H,31,33,35)/b21-12+. The summed E-state index contributed by atoms with van der Waals surface area (Å²) >= 11 is 9.58. The molecule has 0 saturated carbocycles. The molecule has 1 fully saturated rings. The van der Waals surface area contributed by atoms with Gasteiger partial charge in [-0.1, -0.05) is 41.4 Å². The number of aryl methyl sites for hydroxylation is 2. The number of benzene rings is 3. The third-order valence-electron chi connectivity index (χ3n) is 5.61. The number of amides is 4. The summed E-state index contributed by atoms with van der Waals surface area (Å²) in [7, 11) is 0. The van der Waals surface area contributed by atoms with Crippen molar-refractivity contribution in [1.82, 2.24) is 5.32 Å². The third-order valence-corrected chi connectivity index (χ3v) is 6.43. The van der Waals surface area contributed by atoms with Crippen LogP contribution >= 0.6 is 27.5 Å². The molecule has 1 heterocycles. The van der Waals surface area contributed by atoms with Gasteiger partial charge in [0, 0.05) is 5.02 Å². The van der Waals surface area contributed by atoms with E-state index in [9.17, 15) is 14.4 Å². The van der Waals surface area contributed by atoms with Crippen LogP contribution in [0.2, 0.25) is 5.02 Å². The minimum absolute atomic E-state index is 0.179. The van der Waals surface area contributed by atoms with E-state index >= 15 is 0 Å². The predicted molar refractivity (Wildman–Crippen MR) is 146 cm³/mol. The monoisotopic (exact) mass is 582 g/mol. The van der Waals surface area contributed by atoms with Gasteiger partial charge in [-0.25, -0.2) is 9.69 Å². The lowest BCUT2D eigenvalue weighted by Gasteiger charge is -2.27. The van der Waals surface area contributed by atoms with E-state index in [2.05, 4.69) is 21.2 Å². The second-order valence-corrected chi connectivity index (χ2v) is 9.72. The topological polar surface area (TPSA) is 84.9 Å². The van der Waals surface area contributed by atoms with Gasteiger partial charge in [0.25, 0.3) is 11.8 Å². The van der Waals surface area contributed by atoms with Crippen molar-refractivity contribution in [2.75, 3.05) is 11.5 Å². The molecule has 0 radical (unpaired) electrons. The zero-order chi connectivity index (χ0) is 26.7. The van der Waals surface area contributed by atoms with Crippen LogP contribution in [-0.4, -0.2) is 24.5 Å². The van der Waals surface area contributed by atoms with Crippen LogP contribution in [0.5, 0.6) is 11.5 Å². The van der Waals surface area contributed by atoms with Gasteiger partial charge < -0.3 is 9.47 Å². The molecule has 37 heavy (non-hydrogen) atoms. The number of anilines is 1. The van der Waals surface area contributed by atoms with Gasteiger partial charge in [-0.2, -0.15) is 0 Å². The molecule has 0 unspecified atom stereocenters. The number of carbonyl (C=O) groups excluding carboxylic acids is 3. The number of hydrogen-bond acceptors (Lipinski definition) is 5. The first-order chi connectivity index (χ1) is 17.7. The first-order valence-corrected chi connectivity index (χ1v) is 12.7. The molecule has 1 N–H and O–H groups in total. The second-order valence-electron chi connectivity index (χ2n) is 8.43. The summed E-state index contributed by atoms with van der Waals surface area (Å²) in [6, 6.07) is 15.3. The van der Waals surface area contributed by atoms with Gasteiger partial charge in [0.1, 0.15) is 12.2 Å². The number of nitrogens with zero attached hydrogens (tertiary/aromatic N) is 1. The van der Waals surface area contributed by atoms with Crippen molar-refractivity contribution < 1.29 is 23.9 Å². The van der Waals surface area contributed by atoms with Crippen LogP contribution in [0.25, 0.3) is 6.08 Å². The van der Waals surface area contributed by atoms with E-state index < -0.39 is 17.8 Å². The van der Waals surface area contributed by atoms with Crippen molar-refractivity contribution in [3.63, 3.8) is 0 Å². The van der Waals surface area contributed by atoms with Crippen LogP contribution in [0.1, 0.15) is 29.2 Å². The minimum atomic E-state index is -0.792. The molecule has 190 valence electrons. The maximum atomic E-state index is 13.3. The molecule has 9 heteroatoms. The largest absolute Gasteiger partial charge is 0.490 e. The minimum Gasteiger partial charge on any atom is -0.490 e. The van der Waals surface area contributed by atoms with Gasteiger partial charge >= 0.3 is 6.03 Å². The van der Waals surface area contributed by atoms with Crippen molar-refractivity contribution in [1.29, 1.82) is 0 Å². The van der Waals surface area contributed by atoms with E-state index in [1.165, 1.54) is 6.08 Å². The van der Waals surface area contributed by atoms with Crippen LogP contribution in [0, 0.1) is 13.8 Å². The highest BCUT2D eigenvalue weighted by atomic mass is 79.9. The van der Waals surface area contributed by atoms with E-state index in [1.807, 2.05) is 38.1 Å². The van der Waals surface area contributed by atoms with Crippen LogP contribution in [-0.2, 0) is 16.2 Å². The van der Waals surface area contributed by atoms with Gasteiger partial charge in [-0.3, -0.25) is 14.9 Å². The number of ether oxygens (including phenoxy) is 2. The van der Waals surface area contributed by atoms with Gasteiger partial charge in [0.05, 0.1) is 16.8 Å². The summed E-state index contributed by atoms with van der Waals surface area (Å²) in [5, 5.41) is 2.87. The smallest absolute Gasteiger partial charge is 0.335 e. The molecule has 0 aliphatic carbocycles. The first-order valence-electron chi connectivity index (χ1n) is 11.5. The molecule has 3 aromatic rings. The molecule has 1 aliphatic heterocycles. The number of nitrogens with one attached hydrogen (secondary N) is 1. The third kappa shape index (κ3) is 5.87. The fourth-order valence-electron chi connectivity index (χ4n) is 3.96. The summed E-state index contributed by atoms with van der Waals surface area (Å²) in [5.41, 5.74) is 3.35. The molecule has 4 amide bonds. The van der Waals surface area contributed by atoms with E-state index in [1.54, 1.807) is 37.3 Å². The highest BCUT2D eigenvalue weighted by Gasteiger charge is 2.37. The Labute approximate surface area is 228 Å². The summed E-state index contributed by atoms with van der Waals surface area (Å²) < 4.78 is 12.4. The Bertz CT molecular complexity index is 1440. The number of barbiturate groups is 1. The molecule has 0 aromatic heterocycles. The SMILES string of the molecule is CCOc1cc(/C=C2\C(=O)NC(=O)N(c3ccc(C)cc3C)C2=O)cc(Br)c1OCc1cccc(Cl)c1. The average molecular weight is 584 g/mol. The molecule has 7 nitrogen and oxygen atoms in total. The molecular weight excluding hydrogens is 560 g/mol. The van der Waals surface area contributed by atoms with Crippen molar-refractivity contribution in [2.24, 2.45) is 0 Å². The number of carbonyl (C=O) groups is 3. The van der Waals surface area contributed by atoms with Gasteiger partial charge in [-0.15, -0.1) is 0 Å². The van der Waals surface area contributed by atoms with Crippen LogP contribution in [0.4, 0.5) is 10.5 Å². The van der Waals surface area contributed by atoms with Gasteiger partial charge in [0.15, 0.2) is 11.5 Å². The Kier molecular flexibility index (Phi) is 8.00. The lowest BCUT2D eigenvalue weighted by Crippen LogP contribution is -2.54. The normalized spacial score (nSPS) is 14.7. The first kappa shape index (κ1) is 26.4. The Balaban J connectivity index is 1.67. The molecule has 4 rings (SSSR count). The Morgan fingerprint density at radius 1 is 1.03 bits per heavy atom. The number of halogens is 2. The van der Waals surface area contributed by atoms with E-state index in [4.69, 9.17) is 21.1 Å². The maximum absolute atomic E-state index is 13.3. The second kappa shape index (κ2) is 11.2. The summed E-state index contributed by atoms with van der Waals surface area (Å²) in [5.74, 6) is -0.588. The number of hydrogen-bond donors (Lipinski definition) is 1. The fourth-order valence-corrected chi connectivity index (χ4v) is 4.74. The zero-order valence-corrected chi connectivity index (χ0v) is 22.8. The van der Waals surface area contributed by atoms with Crippen LogP contribution in [0.15, 0.2) is 64.6 Å². The Morgan fingerprint density at radius 2 is 1.81 bits per heavy atom. The van der Waals surface area contributed by atoms with Crippen molar-refractivity contribution in [3.8, 4) is 11.5 Å². The highest BCUT2D eigenvalue weighted by Crippen LogP contribution is 2.38. The average Bonchev–Trinajstić information content (AvgIpc) is 2.83. The lowest BCUT2D eigenvalue weighted by atomic mass is 10.0. The molecule has 3 aromatic carbocycles. The van der Waals surface area contributed by atoms with Crippen LogP contribution in [0.3, 0.4) is 0 Å². The van der Waals surface area contributed by atoms with E-state index in [0.29, 0.717) is 38.9 Å². The lowest BCUT2D eigenvalue weighted by molar-refractivity contribution is -0.122. The fraction of sp³-hybridized carbons (Fsp3) is 0.179. The number of imide groups is 2. The molecule has 0 atom stereocenters. The highest BCUT2D eigenvalue weighted by molar-refractivity contribution is 9.10. The summed E-state index contributed by atoms with van der Waals surface area (Å²) in [4.78, 5) is 39.6. The zero-order valence-electron chi connectivity index (χ0n) is 20.4. The Hall–Kier alpha value is -3.62. The van der Waals surface area contributed by atoms with Crippen molar-refractivity contribution in [2.45, 2.75) is 27.4 Å². The van der Waals surface area contributed by atoms with E-state index in [0.717, 1.165) is 21.6 Å². The van der Waals surface area contributed by atoms with Gasteiger partial charge in [0.2, 0.25) is 0 Å². The molecular formula is C28H24BrClN2O5.